The van der Waals surface area contributed by atoms with Crippen LogP contribution in [0.3, 0.4) is 0 Å². The van der Waals surface area contributed by atoms with Crippen LogP contribution < -0.4 is 0 Å². The van der Waals surface area contributed by atoms with Gasteiger partial charge in [0.25, 0.3) is 0 Å². The van der Waals surface area contributed by atoms with Gasteiger partial charge in [-0.2, -0.15) is 5.10 Å². The highest BCUT2D eigenvalue weighted by atomic mass is 79.9. The standard InChI is InChI=1S/C14H17BrN2/c1-3-12-9-13(4-2)17(16-12)14-8-6-5-7-11(14)10-15/h5-9H,3-4,10H2,1-2H3. The lowest BCUT2D eigenvalue weighted by Crippen LogP contribution is -2.04. The molecule has 0 aliphatic rings. The Morgan fingerprint density at radius 3 is 2.59 bits per heavy atom. The first-order chi connectivity index (χ1) is 8.30. The predicted octanol–water partition coefficient (Wildman–Crippen LogP) is 3.89. The molecule has 1 aromatic heterocycles. The van der Waals surface area contributed by atoms with Crippen LogP contribution in [0, 0.1) is 0 Å². The molecule has 0 unspecified atom stereocenters. The van der Waals surface area contributed by atoms with Crippen LogP contribution in [0.4, 0.5) is 0 Å². The van der Waals surface area contributed by atoms with Crippen molar-refractivity contribution in [3.05, 3.63) is 47.3 Å². The van der Waals surface area contributed by atoms with Crippen molar-refractivity contribution >= 4 is 15.9 Å². The average Bonchev–Trinajstić information content (AvgIpc) is 2.81. The van der Waals surface area contributed by atoms with Gasteiger partial charge in [0.1, 0.15) is 0 Å². The van der Waals surface area contributed by atoms with Crippen molar-refractivity contribution in [3.63, 3.8) is 0 Å². The highest BCUT2D eigenvalue weighted by Crippen LogP contribution is 2.20. The number of rotatable bonds is 4. The van der Waals surface area contributed by atoms with Crippen molar-refractivity contribution < 1.29 is 0 Å². The molecule has 1 heterocycles. The van der Waals surface area contributed by atoms with E-state index in [1.807, 2.05) is 0 Å². The molecule has 17 heavy (non-hydrogen) atoms. The first kappa shape index (κ1) is 12.4. The first-order valence-corrected chi connectivity index (χ1v) is 7.14. The van der Waals surface area contributed by atoms with Crippen LogP contribution in [0.5, 0.6) is 0 Å². The summed E-state index contributed by atoms with van der Waals surface area (Å²) in [5.41, 5.74) is 4.88. The van der Waals surface area contributed by atoms with Gasteiger partial charge in [-0.15, -0.1) is 0 Å². The molecule has 2 nitrogen and oxygen atoms in total. The maximum Gasteiger partial charge on any atom is 0.0689 e. The van der Waals surface area contributed by atoms with Crippen LogP contribution >= 0.6 is 15.9 Å². The molecule has 0 aliphatic carbocycles. The smallest absolute Gasteiger partial charge is 0.0689 e. The lowest BCUT2D eigenvalue weighted by atomic mass is 10.2. The molecule has 0 aliphatic heterocycles. The zero-order valence-electron chi connectivity index (χ0n) is 10.3. The summed E-state index contributed by atoms with van der Waals surface area (Å²) in [4.78, 5) is 0. The van der Waals surface area contributed by atoms with E-state index in [0.29, 0.717) is 0 Å². The Labute approximate surface area is 111 Å². The Bertz CT molecular complexity index is 503. The summed E-state index contributed by atoms with van der Waals surface area (Å²) in [6.45, 7) is 4.31. The Hall–Kier alpha value is -1.09. The van der Waals surface area contributed by atoms with Gasteiger partial charge in [-0.1, -0.05) is 48.0 Å². The van der Waals surface area contributed by atoms with E-state index < -0.39 is 0 Å². The quantitative estimate of drug-likeness (QED) is 0.782. The molecule has 0 fully saturated rings. The van der Waals surface area contributed by atoms with Crippen LogP contribution in [0.2, 0.25) is 0 Å². The molecule has 0 bridgehead atoms. The SMILES string of the molecule is CCc1cc(CC)n(-c2ccccc2CBr)n1. The van der Waals surface area contributed by atoms with E-state index >= 15 is 0 Å². The van der Waals surface area contributed by atoms with Gasteiger partial charge in [0.15, 0.2) is 0 Å². The molecule has 0 atom stereocenters. The summed E-state index contributed by atoms with van der Waals surface area (Å²) in [5, 5.41) is 5.53. The monoisotopic (exact) mass is 292 g/mol. The fraction of sp³-hybridized carbons (Fsp3) is 0.357. The van der Waals surface area contributed by atoms with Gasteiger partial charge < -0.3 is 0 Å². The van der Waals surface area contributed by atoms with Crippen LogP contribution in [0.25, 0.3) is 5.69 Å². The molecule has 0 saturated carbocycles. The summed E-state index contributed by atoms with van der Waals surface area (Å²) in [6, 6.07) is 10.6. The van der Waals surface area contributed by atoms with Crippen LogP contribution in [-0.2, 0) is 18.2 Å². The minimum Gasteiger partial charge on any atom is -0.237 e. The third kappa shape index (κ3) is 2.44. The van der Waals surface area contributed by atoms with E-state index in [-0.39, 0.29) is 0 Å². The van der Waals surface area contributed by atoms with Crippen molar-refractivity contribution in [2.45, 2.75) is 32.0 Å². The van der Waals surface area contributed by atoms with E-state index in [2.05, 4.69) is 69.9 Å². The number of aryl methyl sites for hydroxylation is 2. The second kappa shape index (κ2) is 5.50. The van der Waals surface area contributed by atoms with Crippen molar-refractivity contribution in [2.24, 2.45) is 0 Å². The molecule has 0 saturated heterocycles. The van der Waals surface area contributed by atoms with Crippen molar-refractivity contribution in [2.75, 3.05) is 0 Å². The van der Waals surface area contributed by atoms with E-state index in [0.717, 1.165) is 23.9 Å². The van der Waals surface area contributed by atoms with Gasteiger partial charge in [0.2, 0.25) is 0 Å². The molecule has 90 valence electrons. The number of aromatic nitrogens is 2. The van der Waals surface area contributed by atoms with Crippen LogP contribution in [0.15, 0.2) is 30.3 Å². The minimum absolute atomic E-state index is 0.855. The molecule has 2 rings (SSSR count). The number of hydrogen-bond donors (Lipinski definition) is 0. The van der Waals surface area contributed by atoms with Gasteiger partial charge in [0, 0.05) is 11.0 Å². The third-order valence-corrected chi connectivity index (χ3v) is 3.53. The molecular weight excluding hydrogens is 276 g/mol. The number of alkyl halides is 1. The maximum atomic E-state index is 4.67. The third-order valence-electron chi connectivity index (χ3n) is 2.92. The molecule has 0 amide bonds. The van der Waals surface area contributed by atoms with Crippen LogP contribution in [-0.4, -0.2) is 9.78 Å². The van der Waals surface area contributed by atoms with E-state index in [1.54, 1.807) is 0 Å². The highest BCUT2D eigenvalue weighted by molar-refractivity contribution is 9.08. The predicted molar refractivity (Wildman–Crippen MR) is 75.0 cm³/mol. The molecule has 3 heteroatoms. The van der Waals surface area contributed by atoms with Gasteiger partial charge in [0.05, 0.1) is 11.4 Å². The summed E-state index contributed by atoms with van der Waals surface area (Å²) in [5.74, 6) is 0. The molecular formula is C14H17BrN2. The van der Waals surface area contributed by atoms with Gasteiger partial charge >= 0.3 is 0 Å². The van der Waals surface area contributed by atoms with Crippen molar-refractivity contribution in [3.8, 4) is 5.69 Å². The van der Waals surface area contributed by atoms with Crippen molar-refractivity contribution in [1.82, 2.24) is 9.78 Å². The number of halogens is 1. The van der Waals surface area contributed by atoms with Gasteiger partial charge in [-0.25, -0.2) is 4.68 Å². The number of benzene rings is 1. The Morgan fingerprint density at radius 1 is 1.18 bits per heavy atom. The van der Waals surface area contributed by atoms with E-state index in [9.17, 15) is 0 Å². The summed E-state index contributed by atoms with van der Waals surface area (Å²) >= 11 is 3.53. The molecule has 0 radical (unpaired) electrons. The van der Waals surface area contributed by atoms with E-state index in [1.165, 1.54) is 16.9 Å². The zero-order chi connectivity index (χ0) is 12.3. The number of nitrogens with zero attached hydrogens (tertiary/aromatic N) is 2. The normalized spacial score (nSPS) is 10.8. The molecule has 0 spiro atoms. The Balaban J connectivity index is 2.54. The van der Waals surface area contributed by atoms with Crippen LogP contribution in [0.1, 0.15) is 30.8 Å². The largest absolute Gasteiger partial charge is 0.237 e. The topological polar surface area (TPSA) is 17.8 Å². The number of para-hydroxylation sites is 1. The second-order valence-electron chi connectivity index (χ2n) is 4.01. The fourth-order valence-electron chi connectivity index (χ4n) is 1.94. The minimum atomic E-state index is 0.855. The maximum absolute atomic E-state index is 4.67. The summed E-state index contributed by atoms with van der Waals surface area (Å²) in [7, 11) is 0. The molecule has 0 N–H and O–H groups in total. The zero-order valence-corrected chi connectivity index (χ0v) is 11.9. The van der Waals surface area contributed by atoms with Gasteiger partial charge in [-0.05, 0) is 30.5 Å². The second-order valence-corrected chi connectivity index (χ2v) is 4.57. The average molecular weight is 293 g/mol. The Kier molecular flexibility index (Phi) is 4.00. The molecule has 2 aromatic rings. The fourth-order valence-corrected chi connectivity index (χ4v) is 2.41. The van der Waals surface area contributed by atoms with E-state index in [4.69, 9.17) is 0 Å². The van der Waals surface area contributed by atoms with Gasteiger partial charge in [-0.3, -0.25) is 0 Å². The first-order valence-electron chi connectivity index (χ1n) is 6.02. The lowest BCUT2D eigenvalue weighted by Gasteiger charge is -2.09. The Morgan fingerprint density at radius 2 is 1.94 bits per heavy atom. The highest BCUT2D eigenvalue weighted by Gasteiger charge is 2.09. The summed E-state index contributed by atoms with van der Waals surface area (Å²) in [6.07, 6.45) is 1.99. The lowest BCUT2D eigenvalue weighted by molar-refractivity contribution is 0.789. The molecule has 1 aromatic carbocycles. The number of hydrogen-bond acceptors (Lipinski definition) is 1. The van der Waals surface area contributed by atoms with Crippen molar-refractivity contribution in [1.29, 1.82) is 0 Å². The summed E-state index contributed by atoms with van der Waals surface area (Å²) < 4.78 is 2.08.